The van der Waals surface area contributed by atoms with Gasteiger partial charge in [-0.3, -0.25) is 14.4 Å². The molecule has 0 heterocycles. The molecule has 1 saturated carbocycles. The van der Waals surface area contributed by atoms with Crippen molar-refractivity contribution in [1.82, 2.24) is 5.48 Å². The fourth-order valence-electron chi connectivity index (χ4n) is 2.53. The van der Waals surface area contributed by atoms with Crippen molar-refractivity contribution in [3.8, 4) is 0 Å². The van der Waals surface area contributed by atoms with E-state index in [-0.39, 0.29) is 24.2 Å². The largest absolute Gasteiger partial charge is 0.481 e. The standard InChI is InChI=1S/C11H19NO4/c1-16-12-9(13)7-11(8-10(14)15)5-3-2-4-6-11/h2-8H2,1H3,(H,12,13)(H,14,15). The molecule has 5 heteroatoms. The van der Waals surface area contributed by atoms with Crippen molar-refractivity contribution in [2.45, 2.75) is 44.9 Å². The highest BCUT2D eigenvalue weighted by Crippen LogP contribution is 2.42. The summed E-state index contributed by atoms with van der Waals surface area (Å²) < 4.78 is 0. The Labute approximate surface area is 95.1 Å². The lowest BCUT2D eigenvalue weighted by atomic mass is 9.69. The smallest absolute Gasteiger partial charge is 0.303 e. The molecule has 1 amide bonds. The van der Waals surface area contributed by atoms with Gasteiger partial charge in [-0.15, -0.1) is 0 Å². The van der Waals surface area contributed by atoms with Crippen molar-refractivity contribution in [3.05, 3.63) is 0 Å². The van der Waals surface area contributed by atoms with Crippen LogP contribution in [0.2, 0.25) is 0 Å². The monoisotopic (exact) mass is 229 g/mol. The summed E-state index contributed by atoms with van der Waals surface area (Å²) >= 11 is 0. The van der Waals surface area contributed by atoms with Crippen molar-refractivity contribution < 1.29 is 19.5 Å². The van der Waals surface area contributed by atoms with E-state index in [1.807, 2.05) is 0 Å². The Bertz CT molecular complexity index is 259. The number of rotatable bonds is 5. The van der Waals surface area contributed by atoms with Crippen LogP contribution in [-0.2, 0) is 14.4 Å². The summed E-state index contributed by atoms with van der Waals surface area (Å²) in [5, 5.41) is 8.91. The first kappa shape index (κ1) is 13.0. The molecule has 0 saturated heterocycles. The number of hydrogen-bond acceptors (Lipinski definition) is 3. The number of carboxylic acids is 1. The Kier molecular flexibility index (Phi) is 4.73. The molecule has 2 N–H and O–H groups in total. The molecule has 1 rings (SSSR count). The normalized spacial score (nSPS) is 19.1. The van der Waals surface area contributed by atoms with E-state index in [0.717, 1.165) is 32.1 Å². The summed E-state index contributed by atoms with van der Waals surface area (Å²) in [6, 6.07) is 0. The van der Waals surface area contributed by atoms with Gasteiger partial charge in [-0.1, -0.05) is 19.3 Å². The number of carbonyl (C=O) groups is 2. The topological polar surface area (TPSA) is 75.6 Å². The van der Waals surface area contributed by atoms with Gasteiger partial charge >= 0.3 is 5.97 Å². The van der Waals surface area contributed by atoms with Crippen LogP contribution < -0.4 is 5.48 Å². The van der Waals surface area contributed by atoms with E-state index in [1.54, 1.807) is 0 Å². The first-order valence-electron chi connectivity index (χ1n) is 5.62. The van der Waals surface area contributed by atoms with Gasteiger partial charge in [-0.2, -0.15) is 0 Å². The maximum atomic E-state index is 11.5. The molecule has 0 aliphatic heterocycles. The zero-order valence-electron chi connectivity index (χ0n) is 9.62. The van der Waals surface area contributed by atoms with E-state index < -0.39 is 5.97 Å². The molecule has 0 spiro atoms. The predicted molar refractivity (Wildman–Crippen MR) is 57.5 cm³/mol. The Morgan fingerprint density at radius 2 is 1.88 bits per heavy atom. The van der Waals surface area contributed by atoms with Crippen molar-refractivity contribution >= 4 is 11.9 Å². The van der Waals surface area contributed by atoms with Crippen LogP contribution in [-0.4, -0.2) is 24.1 Å². The first-order chi connectivity index (χ1) is 7.58. The van der Waals surface area contributed by atoms with Gasteiger partial charge in [0.2, 0.25) is 5.91 Å². The van der Waals surface area contributed by atoms with E-state index >= 15 is 0 Å². The minimum Gasteiger partial charge on any atom is -0.481 e. The summed E-state index contributed by atoms with van der Waals surface area (Å²) in [6.07, 6.45) is 5.10. The quantitative estimate of drug-likeness (QED) is 0.700. The Morgan fingerprint density at radius 1 is 1.25 bits per heavy atom. The van der Waals surface area contributed by atoms with E-state index in [2.05, 4.69) is 10.3 Å². The predicted octanol–water partition coefficient (Wildman–Crippen LogP) is 1.48. The lowest BCUT2D eigenvalue weighted by Gasteiger charge is -2.35. The summed E-state index contributed by atoms with van der Waals surface area (Å²) in [4.78, 5) is 26.9. The van der Waals surface area contributed by atoms with Gasteiger partial charge in [-0.25, -0.2) is 5.48 Å². The second kappa shape index (κ2) is 5.84. The molecular formula is C11H19NO4. The summed E-state index contributed by atoms with van der Waals surface area (Å²) in [5.74, 6) is -1.06. The number of nitrogens with one attached hydrogen (secondary N) is 1. The molecule has 0 radical (unpaired) electrons. The molecule has 16 heavy (non-hydrogen) atoms. The molecule has 0 aromatic rings. The third-order valence-electron chi connectivity index (χ3n) is 3.19. The highest BCUT2D eigenvalue weighted by Gasteiger charge is 2.36. The zero-order valence-corrected chi connectivity index (χ0v) is 9.62. The second-order valence-electron chi connectivity index (χ2n) is 4.54. The molecule has 0 unspecified atom stereocenters. The summed E-state index contributed by atoms with van der Waals surface area (Å²) in [7, 11) is 1.38. The number of amides is 1. The first-order valence-corrected chi connectivity index (χ1v) is 5.62. The Balaban J connectivity index is 2.62. The molecule has 92 valence electrons. The number of carboxylic acid groups (broad SMARTS) is 1. The van der Waals surface area contributed by atoms with Crippen LogP contribution in [0.3, 0.4) is 0 Å². The lowest BCUT2D eigenvalue weighted by molar-refractivity contribution is -0.142. The molecule has 0 aromatic carbocycles. The van der Waals surface area contributed by atoms with Gasteiger partial charge in [0.05, 0.1) is 13.5 Å². The fourth-order valence-corrected chi connectivity index (χ4v) is 2.53. The molecule has 0 bridgehead atoms. The van der Waals surface area contributed by atoms with Crippen molar-refractivity contribution in [3.63, 3.8) is 0 Å². The number of aliphatic carboxylic acids is 1. The van der Waals surface area contributed by atoms with Crippen LogP contribution in [0.25, 0.3) is 0 Å². The fraction of sp³-hybridized carbons (Fsp3) is 0.818. The average Bonchev–Trinajstić information content (AvgIpc) is 2.17. The van der Waals surface area contributed by atoms with Gasteiger partial charge in [-0.05, 0) is 18.3 Å². The third-order valence-corrected chi connectivity index (χ3v) is 3.19. The van der Waals surface area contributed by atoms with E-state index in [4.69, 9.17) is 5.11 Å². The average molecular weight is 229 g/mol. The molecule has 1 aliphatic carbocycles. The van der Waals surface area contributed by atoms with E-state index in [9.17, 15) is 9.59 Å². The minimum atomic E-state index is -0.827. The lowest BCUT2D eigenvalue weighted by Crippen LogP contribution is -2.34. The van der Waals surface area contributed by atoms with Crippen LogP contribution in [0.5, 0.6) is 0 Å². The minimum absolute atomic E-state index is 0.0735. The molecule has 1 aliphatic rings. The molecule has 5 nitrogen and oxygen atoms in total. The summed E-state index contributed by atoms with van der Waals surface area (Å²) in [6.45, 7) is 0. The van der Waals surface area contributed by atoms with Gasteiger partial charge in [0.1, 0.15) is 0 Å². The highest BCUT2D eigenvalue weighted by atomic mass is 16.6. The summed E-state index contributed by atoms with van der Waals surface area (Å²) in [5.41, 5.74) is 1.89. The van der Waals surface area contributed by atoms with Crippen molar-refractivity contribution in [2.75, 3.05) is 7.11 Å². The molecule has 0 aromatic heterocycles. The van der Waals surface area contributed by atoms with E-state index in [1.165, 1.54) is 7.11 Å². The Hall–Kier alpha value is -1.10. The number of carbonyl (C=O) groups excluding carboxylic acids is 1. The molecule has 0 atom stereocenters. The highest BCUT2D eigenvalue weighted by molar-refractivity contribution is 5.77. The van der Waals surface area contributed by atoms with Gasteiger partial charge < -0.3 is 5.11 Å². The number of hydrogen-bond donors (Lipinski definition) is 2. The maximum absolute atomic E-state index is 11.5. The van der Waals surface area contributed by atoms with Crippen LogP contribution in [0.1, 0.15) is 44.9 Å². The van der Waals surface area contributed by atoms with Crippen LogP contribution in [0.4, 0.5) is 0 Å². The van der Waals surface area contributed by atoms with Gasteiger partial charge in [0.15, 0.2) is 0 Å². The molecule has 1 fully saturated rings. The van der Waals surface area contributed by atoms with Crippen LogP contribution in [0, 0.1) is 5.41 Å². The van der Waals surface area contributed by atoms with Crippen molar-refractivity contribution in [2.24, 2.45) is 5.41 Å². The van der Waals surface area contributed by atoms with E-state index in [0.29, 0.717) is 0 Å². The van der Waals surface area contributed by atoms with Crippen LogP contribution >= 0.6 is 0 Å². The third kappa shape index (κ3) is 3.81. The maximum Gasteiger partial charge on any atom is 0.303 e. The molecular weight excluding hydrogens is 210 g/mol. The van der Waals surface area contributed by atoms with Crippen LogP contribution in [0.15, 0.2) is 0 Å². The van der Waals surface area contributed by atoms with Gasteiger partial charge in [0.25, 0.3) is 0 Å². The Morgan fingerprint density at radius 3 is 2.38 bits per heavy atom. The number of hydroxylamine groups is 1. The second-order valence-corrected chi connectivity index (χ2v) is 4.54. The zero-order chi connectivity index (χ0) is 12.0. The van der Waals surface area contributed by atoms with Crippen molar-refractivity contribution in [1.29, 1.82) is 0 Å². The van der Waals surface area contributed by atoms with Gasteiger partial charge in [0, 0.05) is 6.42 Å². The SMILES string of the molecule is CONC(=O)CC1(CC(=O)O)CCCCC1.